The van der Waals surface area contributed by atoms with Crippen molar-refractivity contribution in [3.63, 3.8) is 0 Å². The molecule has 78 valence electrons. The van der Waals surface area contributed by atoms with Crippen molar-refractivity contribution in [1.82, 2.24) is 4.98 Å². The van der Waals surface area contributed by atoms with Gasteiger partial charge >= 0.3 is 0 Å². The number of hydrogen-bond donors (Lipinski definition) is 0. The van der Waals surface area contributed by atoms with Crippen LogP contribution in [0.1, 0.15) is 43.7 Å². The molecule has 1 aliphatic carbocycles. The van der Waals surface area contributed by atoms with E-state index in [0.717, 1.165) is 5.69 Å². The molecular weight excluding hydrogens is 184 g/mol. The molecule has 1 atom stereocenters. The van der Waals surface area contributed by atoms with Crippen molar-refractivity contribution in [3.05, 3.63) is 30.1 Å². The molecule has 1 aromatic heterocycles. The molecule has 0 unspecified atom stereocenters. The highest BCUT2D eigenvalue weighted by molar-refractivity contribution is 5.18. The SMILES string of the molecule is N#C[C@@H](c1ccccn1)C1CCCCC1. The summed E-state index contributed by atoms with van der Waals surface area (Å²) in [5.74, 6) is 0.533. The van der Waals surface area contributed by atoms with Crippen LogP contribution in [0.15, 0.2) is 24.4 Å². The van der Waals surface area contributed by atoms with Crippen molar-refractivity contribution < 1.29 is 0 Å². The van der Waals surface area contributed by atoms with E-state index in [1.165, 1.54) is 32.1 Å². The zero-order valence-electron chi connectivity index (χ0n) is 8.89. The fourth-order valence-corrected chi connectivity index (χ4v) is 2.44. The quantitative estimate of drug-likeness (QED) is 0.734. The highest BCUT2D eigenvalue weighted by Gasteiger charge is 2.25. The van der Waals surface area contributed by atoms with Gasteiger partial charge in [0.05, 0.1) is 17.7 Å². The predicted molar refractivity (Wildman–Crippen MR) is 59.2 cm³/mol. The molecule has 2 nitrogen and oxygen atoms in total. The maximum absolute atomic E-state index is 9.24. The monoisotopic (exact) mass is 200 g/mol. The first kappa shape index (κ1) is 10.2. The molecule has 0 aromatic carbocycles. The van der Waals surface area contributed by atoms with E-state index in [-0.39, 0.29) is 5.92 Å². The minimum Gasteiger partial charge on any atom is -0.260 e. The van der Waals surface area contributed by atoms with E-state index in [0.29, 0.717) is 5.92 Å². The maximum atomic E-state index is 9.24. The Bertz CT molecular complexity index is 333. The Hall–Kier alpha value is -1.36. The van der Waals surface area contributed by atoms with Crippen LogP contribution in [0.5, 0.6) is 0 Å². The molecule has 2 rings (SSSR count). The lowest BCUT2D eigenvalue weighted by atomic mass is 9.79. The van der Waals surface area contributed by atoms with Gasteiger partial charge in [-0.15, -0.1) is 0 Å². The third-order valence-corrected chi connectivity index (χ3v) is 3.27. The van der Waals surface area contributed by atoms with Crippen molar-refractivity contribution >= 4 is 0 Å². The van der Waals surface area contributed by atoms with Gasteiger partial charge in [0.25, 0.3) is 0 Å². The minimum atomic E-state index is 0.00602. The zero-order chi connectivity index (χ0) is 10.5. The van der Waals surface area contributed by atoms with Crippen LogP contribution in [0.2, 0.25) is 0 Å². The fourth-order valence-electron chi connectivity index (χ4n) is 2.44. The van der Waals surface area contributed by atoms with Crippen LogP contribution in [-0.4, -0.2) is 4.98 Å². The van der Waals surface area contributed by atoms with Crippen molar-refractivity contribution in [2.75, 3.05) is 0 Å². The molecule has 1 heterocycles. The molecule has 2 heteroatoms. The second kappa shape index (κ2) is 4.93. The largest absolute Gasteiger partial charge is 0.260 e. The van der Waals surface area contributed by atoms with E-state index >= 15 is 0 Å². The van der Waals surface area contributed by atoms with E-state index in [2.05, 4.69) is 11.1 Å². The van der Waals surface area contributed by atoms with Crippen LogP contribution < -0.4 is 0 Å². The molecule has 15 heavy (non-hydrogen) atoms. The maximum Gasteiger partial charge on any atom is 0.0912 e. The van der Waals surface area contributed by atoms with Crippen LogP contribution in [0.25, 0.3) is 0 Å². The smallest absolute Gasteiger partial charge is 0.0912 e. The van der Waals surface area contributed by atoms with E-state index < -0.39 is 0 Å². The second-order valence-corrected chi connectivity index (χ2v) is 4.26. The standard InChI is InChI=1S/C13H16N2/c14-10-12(11-6-2-1-3-7-11)13-8-4-5-9-15-13/h4-5,8-9,11-12H,1-3,6-7H2/t12-/m1/s1. The third kappa shape index (κ3) is 2.36. The minimum absolute atomic E-state index is 0.00602. The Morgan fingerprint density at radius 3 is 2.67 bits per heavy atom. The van der Waals surface area contributed by atoms with Gasteiger partial charge in [-0.05, 0) is 30.9 Å². The number of aromatic nitrogens is 1. The molecule has 0 amide bonds. The van der Waals surface area contributed by atoms with Gasteiger partial charge in [-0.2, -0.15) is 5.26 Å². The van der Waals surface area contributed by atoms with Crippen molar-refractivity contribution in [2.45, 2.75) is 38.0 Å². The summed E-state index contributed by atoms with van der Waals surface area (Å²) < 4.78 is 0. The van der Waals surface area contributed by atoms with Crippen LogP contribution in [0.4, 0.5) is 0 Å². The van der Waals surface area contributed by atoms with E-state index in [4.69, 9.17) is 0 Å². The van der Waals surface area contributed by atoms with Gasteiger partial charge in [-0.25, -0.2) is 0 Å². The molecule has 0 spiro atoms. The summed E-state index contributed by atoms with van der Waals surface area (Å²) in [5.41, 5.74) is 0.951. The van der Waals surface area contributed by atoms with Gasteiger partial charge in [-0.3, -0.25) is 4.98 Å². The van der Waals surface area contributed by atoms with Gasteiger partial charge in [0.15, 0.2) is 0 Å². The Labute approximate surface area is 91.0 Å². The Morgan fingerprint density at radius 1 is 1.27 bits per heavy atom. The number of rotatable bonds is 2. The normalized spacial score (nSPS) is 19.4. The lowest BCUT2D eigenvalue weighted by Gasteiger charge is -2.25. The summed E-state index contributed by atoms with van der Waals surface area (Å²) in [6.45, 7) is 0. The van der Waals surface area contributed by atoms with Crippen LogP contribution in [0.3, 0.4) is 0 Å². The molecular formula is C13H16N2. The first-order valence-corrected chi connectivity index (χ1v) is 5.72. The molecule has 1 aromatic rings. The molecule has 1 saturated carbocycles. The number of pyridine rings is 1. The van der Waals surface area contributed by atoms with Crippen molar-refractivity contribution in [3.8, 4) is 6.07 Å². The van der Waals surface area contributed by atoms with Crippen LogP contribution >= 0.6 is 0 Å². The van der Waals surface area contributed by atoms with Gasteiger partial charge in [-0.1, -0.05) is 25.3 Å². The molecule has 0 aliphatic heterocycles. The summed E-state index contributed by atoms with van der Waals surface area (Å²) in [4.78, 5) is 4.30. The van der Waals surface area contributed by atoms with Gasteiger partial charge in [0, 0.05) is 6.20 Å². The number of nitrogens with zero attached hydrogens (tertiary/aromatic N) is 2. The zero-order valence-corrected chi connectivity index (χ0v) is 8.89. The Balaban J connectivity index is 2.14. The van der Waals surface area contributed by atoms with Gasteiger partial charge in [0.2, 0.25) is 0 Å². The molecule has 0 saturated heterocycles. The lowest BCUT2D eigenvalue weighted by molar-refractivity contribution is 0.333. The third-order valence-electron chi connectivity index (χ3n) is 3.27. The van der Waals surface area contributed by atoms with Crippen LogP contribution in [-0.2, 0) is 0 Å². The topological polar surface area (TPSA) is 36.7 Å². The summed E-state index contributed by atoms with van der Waals surface area (Å²) in [5, 5.41) is 9.24. The highest BCUT2D eigenvalue weighted by atomic mass is 14.7. The van der Waals surface area contributed by atoms with Gasteiger partial charge < -0.3 is 0 Å². The number of hydrogen-bond acceptors (Lipinski definition) is 2. The average Bonchev–Trinajstić information content (AvgIpc) is 2.33. The first-order valence-electron chi connectivity index (χ1n) is 5.72. The average molecular weight is 200 g/mol. The van der Waals surface area contributed by atoms with E-state index in [1.54, 1.807) is 6.20 Å². The summed E-state index contributed by atoms with van der Waals surface area (Å²) in [7, 11) is 0. The van der Waals surface area contributed by atoms with Crippen LogP contribution in [0, 0.1) is 17.2 Å². The molecule has 0 bridgehead atoms. The summed E-state index contributed by atoms with van der Waals surface area (Å²) in [6.07, 6.45) is 8.04. The Kier molecular flexibility index (Phi) is 3.34. The highest BCUT2D eigenvalue weighted by Crippen LogP contribution is 2.34. The first-order chi connectivity index (χ1) is 7.42. The summed E-state index contributed by atoms with van der Waals surface area (Å²) >= 11 is 0. The van der Waals surface area contributed by atoms with E-state index in [9.17, 15) is 5.26 Å². The molecule has 0 radical (unpaired) electrons. The van der Waals surface area contributed by atoms with Crippen molar-refractivity contribution in [2.24, 2.45) is 5.92 Å². The lowest BCUT2D eigenvalue weighted by Crippen LogP contribution is -2.15. The van der Waals surface area contributed by atoms with E-state index in [1.807, 2.05) is 18.2 Å². The van der Waals surface area contributed by atoms with Gasteiger partial charge in [0.1, 0.15) is 0 Å². The number of nitriles is 1. The fraction of sp³-hybridized carbons (Fsp3) is 0.538. The second-order valence-electron chi connectivity index (χ2n) is 4.26. The molecule has 1 aliphatic rings. The van der Waals surface area contributed by atoms with Crippen molar-refractivity contribution in [1.29, 1.82) is 5.26 Å². The molecule has 1 fully saturated rings. The molecule has 0 N–H and O–H groups in total. The Morgan fingerprint density at radius 2 is 2.07 bits per heavy atom. The predicted octanol–water partition coefficient (Wildman–Crippen LogP) is 3.27. The summed E-state index contributed by atoms with van der Waals surface area (Å²) in [6, 6.07) is 8.27.